The zero-order chi connectivity index (χ0) is 5.82. The molecule has 0 heterocycles. The Morgan fingerprint density at radius 3 is 2.22 bits per heavy atom. The van der Waals surface area contributed by atoms with Crippen LogP contribution in [0.2, 0.25) is 0 Å². The summed E-state index contributed by atoms with van der Waals surface area (Å²) in [5.41, 5.74) is 0.684. The number of nitriles is 1. The van der Waals surface area contributed by atoms with Crippen LogP contribution < -0.4 is 0 Å². The van der Waals surface area contributed by atoms with Crippen LogP contribution in [0.1, 0.15) is 5.56 Å². The van der Waals surface area contributed by atoms with Gasteiger partial charge < -0.3 is 0 Å². The summed E-state index contributed by atoms with van der Waals surface area (Å²) in [6, 6.07) is 11.7. The summed E-state index contributed by atoms with van der Waals surface area (Å²) in [7, 11) is 0. The molecule has 1 aromatic carbocycles. The fourth-order valence-corrected chi connectivity index (χ4v) is 0.461. The molecule has 0 bridgehead atoms. The third-order valence-corrected chi connectivity index (χ3v) is 0.847. The van der Waals surface area contributed by atoms with Gasteiger partial charge in [0.15, 0.2) is 0 Å². The quantitative estimate of drug-likeness (QED) is 0.568. The van der Waals surface area contributed by atoms with Crippen LogP contribution in [0.15, 0.2) is 24.3 Å². The van der Waals surface area contributed by atoms with Crippen molar-refractivity contribution in [2.75, 3.05) is 0 Å². The summed E-state index contributed by atoms with van der Waals surface area (Å²) in [4.78, 5) is 0. The van der Waals surface area contributed by atoms with Crippen LogP contribution in [0.25, 0.3) is 0 Å². The van der Waals surface area contributed by atoms with Gasteiger partial charge in [-0.15, -0.1) is 0 Å². The van der Waals surface area contributed by atoms with E-state index in [-0.39, 0.29) is 32.7 Å². The van der Waals surface area contributed by atoms with E-state index in [9.17, 15) is 0 Å². The summed E-state index contributed by atoms with van der Waals surface area (Å²) in [5.74, 6) is 0. The molecule has 0 aliphatic carbocycles. The van der Waals surface area contributed by atoms with Crippen molar-refractivity contribution in [1.82, 2.24) is 0 Å². The topological polar surface area (TPSA) is 23.8 Å². The molecular weight excluding hydrogens is 187 g/mol. The van der Waals surface area contributed by atoms with Crippen molar-refractivity contribution < 1.29 is 32.7 Å². The van der Waals surface area contributed by atoms with Gasteiger partial charge in [-0.3, -0.25) is 0 Å². The average molecular weight is 191 g/mol. The molecule has 2 heteroatoms. The monoisotopic (exact) mass is 191 g/mol. The first-order valence-electron chi connectivity index (χ1n) is 2.29. The number of hydrogen-bond acceptors (Lipinski definition) is 1. The molecule has 1 radical (unpaired) electrons. The first-order valence-corrected chi connectivity index (χ1v) is 2.29. The van der Waals surface area contributed by atoms with E-state index >= 15 is 0 Å². The van der Waals surface area contributed by atoms with E-state index in [4.69, 9.17) is 5.26 Å². The van der Waals surface area contributed by atoms with Crippen LogP contribution in [-0.4, -0.2) is 0 Å². The molecule has 0 amide bonds. The summed E-state index contributed by atoms with van der Waals surface area (Å²) in [5, 5.41) is 8.27. The average Bonchev–Trinajstić information content (AvgIpc) is 1.90. The van der Waals surface area contributed by atoms with Gasteiger partial charge in [0.05, 0.1) is 6.07 Å². The molecule has 0 aliphatic heterocycles. The van der Waals surface area contributed by atoms with E-state index in [0.717, 1.165) is 0 Å². The second-order valence-electron chi connectivity index (χ2n) is 1.40. The summed E-state index contributed by atoms with van der Waals surface area (Å²) >= 11 is 0. The largest absolute Gasteiger partial charge is 0.195 e. The predicted octanol–water partition coefficient (Wildman–Crippen LogP) is 1.36. The van der Waals surface area contributed by atoms with Gasteiger partial charge >= 0.3 is 0 Å². The van der Waals surface area contributed by atoms with Crippen LogP contribution in [0.4, 0.5) is 0 Å². The minimum Gasteiger partial charge on any atom is -0.195 e. The fraction of sp³-hybridized carbons (Fsp3) is 0. The first kappa shape index (κ1) is 8.81. The minimum atomic E-state index is 0. The SMILES string of the molecule is N#Cc1cc[c-]cc1.[Y]. The maximum atomic E-state index is 8.27. The van der Waals surface area contributed by atoms with Gasteiger partial charge in [-0.1, -0.05) is 5.56 Å². The van der Waals surface area contributed by atoms with Crippen LogP contribution in [0.5, 0.6) is 0 Å². The second kappa shape index (κ2) is 4.67. The molecule has 0 saturated heterocycles. The zero-order valence-corrected chi connectivity index (χ0v) is 7.67. The summed E-state index contributed by atoms with van der Waals surface area (Å²) < 4.78 is 0. The van der Waals surface area contributed by atoms with Gasteiger partial charge in [0.25, 0.3) is 0 Å². The molecule has 1 rings (SSSR count). The Hall–Kier alpha value is -0.186. The zero-order valence-electron chi connectivity index (χ0n) is 4.83. The van der Waals surface area contributed by atoms with Crippen molar-refractivity contribution in [2.45, 2.75) is 0 Å². The molecule has 0 aromatic heterocycles. The van der Waals surface area contributed by atoms with Gasteiger partial charge in [0.2, 0.25) is 0 Å². The van der Waals surface area contributed by atoms with Crippen LogP contribution in [-0.2, 0) is 32.7 Å². The maximum Gasteiger partial charge on any atom is 0.0725 e. The van der Waals surface area contributed by atoms with Gasteiger partial charge in [0, 0.05) is 32.7 Å². The third-order valence-electron chi connectivity index (χ3n) is 0.847. The Balaban J connectivity index is 0.000000640. The molecule has 0 spiro atoms. The van der Waals surface area contributed by atoms with Crippen molar-refractivity contribution in [3.63, 3.8) is 0 Å². The third kappa shape index (κ3) is 2.74. The molecule has 41 valence electrons. The van der Waals surface area contributed by atoms with Gasteiger partial charge in [-0.25, -0.2) is 0 Å². The van der Waals surface area contributed by atoms with Crippen molar-refractivity contribution in [3.05, 3.63) is 35.9 Å². The van der Waals surface area contributed by atoms with Crippen molar-refractivity contribution in [2.24, 2.45) is 0 Å². The molecule has 9 heavy (non-hydrogen) atoms. The van der Waals surface area contributed by atoms with E-state index in [1.54, 1.807) is 24.3 Å². The Bertz CT molecular complexity index is 200. The smallest absolute Gasteiger partial charge is 0.0725 e. The Morgan fingerprint density at radius 1 is 1.33 bits per heavy atom. The second-order valence-corrected chi connectivity index (χ2v) is 1.40. The van der Waals surface area contributed by atoms with Gasteiger partial charge in [-0.2, -0.15) is 35.6 Å². The van der Waals surface area contributed by atoms with E-state index in [1.807, 2.05) is 6.07 Å². The number of hydrogen-bond donors (Lipinski definition) is 0. The molecule has 1 nitrogen and oxygen atoms in total. The molecular formula is C7H4NY-. The van der Waals surface area contributed by atoms with E-state index in [2.05, 4.69) is 6.07 Å². The van der Waals surface area contributed by atoms with E-state index < -0.39 is 0 Å². The van der Waals surface area contributed by atoms with Crippen LogP contribution in [0, 0.1) is 17.4 Å². The van der Waals surface area contributed by atoms with Crippen molar-refractivity contribution in [3.8, 4) is 6.07 Å². The number of rotatable bonds is 0. The molecule has 0 fully saturated rings. The predicted molar refractivity (Wildman–Crippen MR) is 30.0 cm³/mol. The molecule has 0 unspecified atom stereocenters. The minimum absolute atomic E-state index is 0. The van der Waals surface area contributed by atoms with E-state index in [0.29, 0.717) is 5.56 Å². The van der Waals surface area contributed by atoms with Gasteiger partial charge in [-0.05, 0) is 0 Å². The van der Waals surface area contributed by atoms with Crippen molar-refractivity contribution in [1.29, 1.82) is 5.26 Å². The Labute approximate surface area is 79.6 Å². The van der Waals surface area contributed by atoms with Crippen molar-refractivity contribution >= 4 is 0 Å². The Kier molecular flexibility index (Phi) is 4.57. The standard InChI is InChI=1S/C7H4N.Y/c8-6-7-4-2-1-3-5-7;/h2-5H;/q-1;. The molecule has 0 aliphatic rings. The van der Waals surface area contributed by atoms with E-state index in [1.165, 1.54) is 0 Å². The maximum absolute atomic E-state index is 8.27. The number of nitrogens with zero attached hydrogens (tertiary/aromatic N) is 1. The summed E-state index contributed by atoms with van der Waals surface area (Å²) in [6.45, 7) is 0. The molecule has 1 aromatic rings. The van der Waals surface area contributed by atoms with Crippen LogP contribution >= 0.6 is 0 Å². The Morgan fingerprint density at radius 2 is 1.89 bits per heavy atom. The fourth-order valence-electron chi connectivity index (χ4n) is 0.461. The number of benzene rings is 1. The summed E-state index contributed by atoms with van der Waals surface area (Å²) in [6.07, 6.45) is 0. The van der Waals surface area contributed by atoms with Gasteiger partial charge in [0.1, 0.15) is 0 Å². The first-order chi connectivity index (χ1) is 3.93. The molecule has 0 atom stereocenters. The molecule has 0 N–H and O–H groups in total. The molecule has 0 saturated carbocycles. The normalized spacial score (nSPS) is 7.00. The van der Waals surface area contributed by atoms with Crippen LogP contribution in [0.3, 0.4) is 0 Å².